The zero-order valence-corrected chi connectivity index (χ0v) is 11.3. The molecule has 0 amide bonds. The van der Waals surface area contributed by atoms with Crippen LogP contribution >= 0.6 is 0 Å². The summed E-state index contributed by atoms with van der Waals surface area (Å²) in [5.41, 5.74) is 0. The Morgan fingerprint density at radius 2 is 1.74 bits per heavy atom. The van der Waals surface area contributed by atoms with Crippen LogP contribution in [0, 0.1) is 11.8 Å². The van der Waals surface area contributed by atoms with E-state index < -0.39 is 12.1 Å². The first-order chi connectivity index (χ1) is 8.95. The lowest BCUT2D eigenvalue weighted by atomic mass is 9.79. The maximum absolute atomic E-state index is 12.5. The number of hydrogen-bond donors (Lipinski definition) is 0. The van der Waals surface area contributed by atoms with Crippen molar-refractivity contribution in [1.29, 1.82) is 0 Å². The van der Waals surface area contributed by atoms with Crippen molar-refractivity contribution < 1.29 is 18.0 Å². The zero-order chi connectivity index (χ0) is 14.3. The van der Waals surface area contributed by atoms with E-state index in [9.17, 15) is 18.0 Å². The van der Waals surface area contributed by atoms with Crippen LogP contribution in [0.2, 0.25) is 0 Å². The molecule has 0 unspecified atom stereocenters. The smallest absolute Gasteiger partial charge is 0.299 e. The van der Waals surface area contributed by atoms with Gasteiger partial charge in [0.05, 0.1) is 5.92 Å². The summed E-state index contributed by atoms with van der Waals surface area (Å²) in [6.45, 7) is 3.63. The highest BCUT2D eigenvalue weighted by atomic mass is 19.4. The lowest BCUT2D eigenvalue weighted by Crippen LogP contribution is -2.30. The minimum absolute atomic E-state index is 0.121. The third-order valence-corrected chi connectivity index (χ3v) is 3.98. The Kier molecular flexibility index (Phi) is 6.59. The maximum Gasteiger partial charge on any atom is 0.391 e. The second-order valence-corrected chi connectivity index (χ2v) is 5.44. The number of allylic oxidation sites excluding steroid dienone is 1. The number of Topliss-reactive ketones (excluding diaryl/α,β-unsaturated/α-hetero) is 1. The number of rotatable bonds is 7. The maximum atomic E-state index is 12.5. The van der Waals surface area contributed by atoms with Gasteiger partial charge < -0.3 is 0 Å². The largest absolute Gasteiger partial charge is 0.391 e. The van der Waals surface area contributed by atoms with E-state index >= 15 is 0 Å². The summed E-state index contributed by atoms with van der Waals surface area (Å²) in [4.78, 5) is 11.9. The van der Waals surface area contributed by atoms with Gasteiger partial charge in [0.1, 0.15) is 5.78 Å². The summed E-state index contributed by atoms with van der Waals surface area (Å²) in [5.74, 6) is -1.15. The summed E-state index contributed by atoms with van der Waals surface area (Å²) >= 11 is 0. The van der Waals surface area contributed by atoms with Gasteiger partial charge in [0.2, 0.25) is 0 Å². The number of carbonyl (C=O) groups is 1. The second kappa shape index (κ2) is 7.71. The highest BCUT2D eigenvalue weighted by Gasteiger charge is 2.42. The fraction of sp³-hybridized carbons (Fsp3) is 0.800. The first kappa shape index (κ1) is 16.3. The topological polar surface area (TPSA) is 17.1 Å². The minimum Gasteiger partial charge on any atom is -0.299 e. The molecule has 1 aliphatic carbocycles. The molecule has 0 heterocycles. The van der Waals surface area contributed by atoms with Crippen LogP contribution in [-0.4, -0.2) is 12.0 Å². The van der Waals surface area contributed by atoms with Crippen LogP contribution in [0.3, 0.4) is 0 Å². The van der Waals surface area contributed by atoms with E-state index in [1.165, 1.54) is 0 Å². The molecule has 0 aliphatic heterocycles. The lowest BCUT2D eigenvalue weighted by Gasteiger charge is -2.29. The van der Waals surface area contributed by atoms with Gasteiger partial charge in [-0.1, -0.05) is 12.5 Å². The van der Waals surface area contributed by atoms with E-state index in [2.05, 4.69) is 6.58 Å². The van der Waals surface area contributed by atoms with Gasteiger partial charge in [0.25, 0.3) is 0 Å². The predicted molar refractivity (Wildman–Crippen MR) is 69.8 cm³/mol. The fourth-order valence-corrected chi connectivity index (χ4v) is 2.71. The van der Waals surface area contributed by atoms with Crippen molar-refractivity contribution >= 4 is 5.78 Å². The van der Waals surface area contributed by atoms with Gasteiger partial charge in [-0.25, -0.2) is 0 Å². The molecule has 0 aromatic carbocycles. The summed E-state index contributed by atoms with van der Waals surface area (Å²) in [6, 6.07) is 0. The van der Waals surface area contributed by atoms with Gasteiger partial charge in [-0.3, -0.25) is 4.79 Å². The van der Waals surface area contributed by atoms with Crippen molar-refractivity contribution in [2.45, 2.75) is 64.0 Å². The molecule has 0 saturated heterocycles. The Labute approximate surface area is 113 Å². The van der Waals surface area contributed by atoms with Crippen molar-refractivity contribution in [3.05, 3.63) is 12.7 Å². The molecule has 0 aromatic rings. The van der Waals surface area contributed by atoms with E-state index in [0.717, 1.165) is 25.7 Å². The number of alkyl halides is 3. The summed E-state index contributed by atoms with van der Waals surface area (Å²) in [5, 5.41) is 0. The van der Waals surface area contributed by atoms with Crippen molar-refractivity contribution in [2.24, 2.45) is 11.8 Å². The standard InChI is InChI=1S/C15H23F3O/c1-2-3-4-5-6-7-14(19)12-8-10-13(11-9-12)15(16,17)18/h2,12-13H,1,3-11H2. The number of carbonyl (C=O) groups excluding carboxylic acids is 1. The Morgan fingerprint density at radius 1 is 1.11 bits per heavy atom. The van der Waals surface area contributed by atoms with Crippen LogP contribution < -0.4 is 0 Å². The van der Waals surface area contributed by atoms with E-state index in [1.807, 2.05) is 6.08 Å². The van der Waals surface area contributed by atoms with Crippen molar-refractivity contribution in [1.82, 2.24) is 0 Å². The number of halogens is 3. The SMILES string of the molecule is C=CCCCCCC(=O)C1CCC(C(F)(F)F)CC1. The fourth-order valence-electron chi connectivity index (χ4n) is 2.71. The van der Waals surface area contributed by atoms with Gasteiger partial charge in [-0.15, -0.1) is 6.58 Å². The summed E-state index contributed by atoms with van der Waals surface area (Å²) in [7, 11) is 0. The highest BCUT2D eigenvalue weighted by molar-refractivity contribution is 5.81. The molecule has 0 aromatic heterocycles. The zero-order valence-electron chi connectivity index (χ0n) is 11.3. The van der Waals surface area contributed by atoms with E-state index in [-0.39, 0.29) is 24.5 Å². The monoisotopic (exact) mass is 276 g/mol. The molecule has 0 spiro atoms. The molecule has 4 heteroatoms. The molecule has 1 nitrogen and oxygen atoms in total. The number of ketones is 1. The molecule has 1 fully saturated rings. The summed E-state index contributed by atoms with van der Waals surface area (Å²) < 4.78 is 37.5. The normalized spacial score (nSPS) is 24.2. The van der Waals surface area contributed by atoms with Gasteiger partial charge >= 0.3 is 6.18 Å². The Balaban J connectivity index is 2.20. The van der Waals surface area contributed by atoms with Crippen molar-refractivity contribution in [2.75, 3.05) is 0 Å². The molecule has 1 aliphatic rings. The number of hydrogen-bond acceptors (Lipinski definition) is 1. The van der Waals surface area contributed by atoms with Crippen LogP contribution in [0.25, 0.3) is 0 Å². The van der Waals surface area contributed by atoms with E-state index in [4.69, 9.17) is 0 Å². The van der Waals surface area contributed by atoms with Crippen molar-refractivity contribution in [3.8, 4) is 0 Å². The van der Waals surface area contributed by atoms with Crippen LogP contribution in [0.5, 0.6) is 0 Å². The Hall–Kier alpha value is -0.800. The number of unbranched alkanes of at least 4 members (excludes halogenated alkanes) is 3. The average Bonchev–Trinajstić information content (AvgIpc) is 2.37. The molecule has 0 atom stereocenters. The van der Waals surface area contributed by atoms with Crippen LogP contribution in [0.15, 0.2) is 12.7 Å². The Bertz CT molecular complexity index is 288. The van der Waals surface area contributed by atoms with Gasteiger partial charge in [0.15, 0.2) is 0 Å². The molecule has 1 rings (SSSR count). The molecule has 1 saturated carbocycles. The van der Waals surface area contributed by atoms with Gasteiger partial charge in [-0.05, 0) is 44.9 Å². The van der Waals surface area contributed by atoms with Gasteiger partial charge in [-0.2, -0.15) is 13.2 Å². The first-order valence-corrected chi connectivity index (χ1v) is 7.15. The van der Waals surface area contributed by atoms with Crippen LogP contribution in [0.4, 0.5) is 13.2 Å². The molecular formula is C15H23F3O. The van der Waals surface area contributed by atoms with Crippen LogP contribution in [0.1, 0.15) is 57.8 Å². The van der Waals surface area contributed by atoms with E-state index in [1.54, 1.807) is 0 Å². The van der Waals surface area contributed by atoms with E-state index in [0.29, 0.717) is 19.3 Å². The predicted octanol–water partition coefficient (Wildman–Crippen LogP) is 5.06. The second-order valence-electron chi connectivity index (χ2n) is 5.44. The third-order valence-electron chi connectivity index (χ3n) is 3.98. The summed E-state index contributed by atoms with van der Waals surface area (Å²) in [6.07, 6.45) is 3.22. The minimum atomic E-state index is -4.08. The first-order valence-electron chi connectivity index (χ1n) is 7.15. The van der Waals surface area contributed by atoms with Gasteiger partial charge in [0, 0.05) is 12.3 Å². The molecule has 0 radical (unpaired) electrons. The highest BCUT2D eigenvalue weighted by Crippen LogP contribution is 2.40. The van der Waals surface area contributed by atoms with Crippen molar-refractivity contribution in [3.63, 3.8) is 0 Å². The Morgan fingerprint density at radius 3 is 2.26 bits per heavy atom. The molecule has 0 N–H and O–H groups in total. The molecular weight excluding hydrogens is 253 g/mol. The molecule has 0 bridgehead atoms. The molecule has 19 heavy (non-hydrogen) atoms. The third kappa shape index (κ3) is 5.79. The quantitative estimate of drug-likeness (QED) is 0.469. The van der Waals surface area contributed by atoms with Crippen LogP contribution in [-0.2, 0) is 4.79 Å². The molecule has 110 valence electrons. The lowest BCUT2D eigenvalue weighted by molar-refractivity contribution is -0.184. The average molecular weight is 276 g/mol.